The number of nitrogens with zero attached hydrogens (tertiary/aromatic N) is 2. The molecule has 0 aliphatic carbocycles. The molecular weight excluding hydrogens is 421 g/mol. The fourth-order valence-corrected chi connectivity index (χ4v) is 3.98. The highest BCUT2D eigenvalue weighted by atomic mass is 19.1. The molecular formula is C26H24FN3O3. The summed E-state index contributed by atoms with van der Waals surface area (Å²) in [7, 11) is 0. The molecule has 7 heteroatoms. The molecule has 0 bridgehead atoms. The number of amides is 4. The third-order valence-electron chi connectivity index (χ3n) is 5.77. The Hall–Kier alpha value is -4.00. The summed E-state index contributed by atoms with van der Waals surface area (Å²) >= 11 is 0. The molecule has 0 radical (unpaired) electrons. The van der Waals surface area contributed by atoms with Gasteiger partial charge in [-0.15, -0.1) is 0 Å². The quantitative estimate of drug-likeness (QED) is 0.453. The second kappa shape index (κ2) is 8.50. The highest BCUT2D eigenvalue weighted by Gasteiger charge is 2.37. The van der Waals surface area contributed by atoms with Crippen LogP contribution in [0.4, 0.5) is 14.9 Å². The van der Waals surface area contributed by atoms with Gasteiger partial charge in [-0.05, 0) is 79.4 Å². The first-order valence-corrected chi connectivity index (χ1v) is 10.6. The van der Waals surface area contributed by atoms with E-state index < -0.39 is 17.8 Å². The maximum absolute atomic E-state index is 13.3. The lowest BCUT2D eigenvalue weighted by molar-refractivity contribution is -0.122. The maximum Gasteiger partial charge on any atom is 0.335 e. The van der Waals surface area contributed by atoms with Crippen LogP contribution in [0.15, 0.2) is 60.2 Å². The number of barbiturate groups is 1. The van der Waals surface area contributed by atoms with Crippen molar-refractivity contribution in [2.45, 2.75) is 33.6 Å². The Morgan fingerprint density at radius 2 is 1.52 bits per heavy atom. The van der Waals surface area contributed by atoms with Gasteiger partial charge in [-0.1, -0.05) is 26.0 Å². The van der Waals surface area contributed by atoms with Gasteiger partial charge in [0.15, 0.2) is 0 Å². The average Bonchev–Trinajstić information content (AvgIpc) is 3.05. The smallest absolute Gasteiger partial charge is 0.318 e. The Morgan fingerprint density at radius 3 is 2.12 bits per heavy atom. The van der Waals surface area contributed by atoms with Crippen molar-refractivity contribution in [2.75, 3.05) is 4.90 Å². The lowest BCUT2D eigenvalue weighted by atomic mass is 10.0. The zero-order valence-corrected chi connectivity index (χ0v) is 18.8. The van der Waals surface area contributed by atoms with E-state index in [1.165, 1.54) is 18.2 Å². The number of carbonyl (C=O) groups excluding carboxylic acids is 3. The number of hydrogen-bond donors (Lipinski definition) is 1. The molecule has 0 atom stereocenters. The van der Waals surface area contributed by atoms with Crippen molar-refractivity contribution < 1.29 is 18.8 Å². The van der Waals surface area contributed by atoms with E-state index in [2.05, 4.69) is 19.2 Å². The second-order valence-corrected chi connectivity index (χ2v) is 8.34. The van der Waals surface area contributed by atoms with E-state index in [1.807, 2.05) is 36.6 Å². The number of anilines is 1. The van der Waals surface area contributed by atoms with Gasteiger partial charge in [0.05, 0.1) is 5.69 Å². The second-order valence-electron chi connectivity index (χ2n) is 8.34. The minimum Gasteiger partial charge on any atom is -0.318 e. The zero-order valence-electron chi connectivity index (χ0n) is 18.8. The van der Waals surface area contributed by atoms with Crippen LogP contribution in [0.3, 0.4) is 0 Å². The molecule has 2 heterocycles. The Balaban J connectivity index is 1.72. The van der Waals surface area contributed by atoms with Crippen LogP contribution in [-0.2, 0) is 9.59 Å². The number of hydrogen-bond acceptors (Lipinski definition) is 3. The van der Waals surface area contributed by atoms with Crippen molar-refractivity contribution in [3.8, 4) is 5.69 Å². The van der Waals surface area contributed by atoms with Gasteiger partial charge in [0.1, 0.15) is 11.4 Å². The largest absolute Gasteiger partial charge is 0.335 e. The topological polar surface area (TPSA) is 71.4 Å². The average molecular weight is 445 g/mol. The van der Waals surface area contributed by atoms with Gasteiger partial charge in [0.2, 0.25) is 0 Å². The van der Waals surface area contributed by atoms with E-state index >= 15 is 0 Å². The molecule has 1 aliphatic rings. The van der Waals surface area contributed by atoms with Gasteiger partial charge in [0.25, 0.3) is 11.8 Å². The molecule has 4 rings (SSSR count). The SMILES string of the molecule is Cc1cc(C=C2C(=O)NC(=O)N(c3ccc(C(C)C)cc3)C2=O)c(C)n1-c1ccc(F)cc1. The third kappa shape index (κ3) is 4.09. The predicted molar refractivity (Wildman–Crippen MR) is 125 cm³/mol. The molecule has 1 fully saturated rings. The number of imide groups is 2. The molecule has 6 nitrogen and oxygen atoms in total. The van der Waals surface area contributed by atoms with Crippen molar-refractivity contribution in [1.29, 1.82) is 0 Å². The van der Waals surface area contributed by atoms with Crippen LogP contribution < -0.4 is 10.2 Å². The number of rotatable bonds is 4. The van der Waals surface area contributed by atoms with Crippen molar-refractivity contribution >= 4 is 29.6 Å². The first-order valence-electron chi connectivity index (χ1n) is 10.6. The summed E-state index contributed by atoms with van der Waals surface area (Å²) in [5, 5.41) is 2.26. The first kappa shape index (κ1) is 22.2. The summed E-state index contributed by atoms with van der Waals surface area (Å²) in [6, 6.07) is 14.2. The number of aromatic nitrogens is 1. The van der Waals surface area contributed by atoms with Crippen molar-refractivity contribution in [3.63, 3.8) is 0 Å². The van der Waals surface area contributed by atoms with Gasteiger partial charge < -0.3 is 4.57 Å². The molecule has 3 aromatic rings. The summed E-state index contributed by atoms with van der Waals surface area (Å²) < 4.78 is 15.2. The van der Waals surface area contributed by atoms with Crippen molar-refractivity contribution in [3.05, 3.63) is 88.5 Å². The number of carbonyl (C=O) groups is 3. The number of benzene rings is 2. The van der Waals surface area contributed by atoms with Crippen LogP contribution in [-0.4, -0.2) is 22.4 Å². The predicted octanol–water partition coefficient (Wildman–Crippen LogP) is 5.02. The number of aryl methyl sites for hydroxylation is 1. The van der Waals surface area contributed by atoms with Crippen molar-refractivity contribution in [1.82, 2.24) is 9.88 Å². The molecule has 1 aromatic heterocycles. The molecule has 4 amide bonds. The summed E-state index contributed by atoms with van der Waals surface area (Å²) in [6.07, 6.45) is 1.49. The van der Waals surface area contributed by atoms with Crippen LogP contribution >= 0.6 is 0 Å². The minimum atomic E-state index is -0.781. The monoisotopic (exact) mass is 445 g/mol. The lowest BCUT2D eigenvalue weighted by Gasteiger charge is -2.26. The molecule has 1 saturated heterocycles. The van der Waals surface area contributed by atoms with Crippen LogP contribution in [0.25, 0.3) is 11.8 Å². The first-order chi connectivity index (χ1) is 15.7. The minimum absolute atomic E-state index is 0.137. The van der Waals surface area contributed by atoms with Crippen LogP contribution in [0.5, 0.6) is 0 Å². The molecule has 1 aliphatic heterocycles. The fourth-order valence-electron chi connectivity index (χ4n) is 3.98. The molecule has 0 spiro atoms. The Bertz CT molecular complexity index is 1290. The summed E-state index contributed by atoms with van der Waals surface area (Å²) in [6.45, 7) is 7.83. The van der Waals surface area contributed by atoms with E-state index in [0.717, 1.165) is 27.5 Å². The summed E-state index contributed by atoms with van der Waals surface area (Å²) in [4.78, 5) is 39.2. The van der Waals surface area contributed by atoms with Gasteiger partial charge in [0, 0.05) is 17.1 Å². The van der Waals surface area contributed by atoms with Gasteiger partial charge in [-0.3, -0.25) is 14.9 Å². The molecule has 0 unspecified atom stereocenters. The normalized spacial score (nSPS) is 15.5. The van der Waals surface area contributed by atoms with Crippen LogP contribution in [0, 0.1) is 19.7 Å². The molecule has 2 aromatic carbocycles. The van der Waals surface area contributed by atoms with Gasteiger partial charge in [-0.25, -0.2) is 14.1 Å². The van der Waals surface area contributed by atoms with E-state index in [4.69, 9.17) is 0 Å². The third-order valence-corrected chi connectivity index (χ3v) is 5.77. The summed E-state index contributed by atoms with van der Waals surface area (Å²) in [5.74, 6) is -1.46. The Labute approximate surface area is 191 Å². The highest BCUT2D eigenvalue weighted by molar-refractivity contribution is 6.39. The van der Waals surface area contributed by atoms with E-state index in [9.17, 15) is 18.8 Å². The number of urea groups is 1. The number of halogens is 1. The maximum atomic E-state index is 13.3. The Kier molecular flexibility index (Phi) is 5.72. The van der Waals surface area contributed by atoms with E-state index in [0.29, 0.717) is 17.2 Å². The molecule has 168 valence electrons. The highest BCUT2D eigenvalue weighted by Crippen LogP contribution is 2.27. The van der Waals surface area contributed by atoms with Crippen LogP contribution in [0.2, 0.25) is 0 Å². The van der Waals surface area contributed by atoms with Gasteiger partial charge >= 0.3 is 6.03 Å². The molecule has 0 saturated carbocycles. The zero-order chi connectivity index (χ0) is 23.9. The summed E-state index contributed by atoms with van der Waals surface area (Å²) in [5.41, 5.74) is 4.36. The van der Waals surface area contributed by atoms with Gasteiger partial charge in [-0.2, -0.15) is 0 Å². The van der Waals surface area contributed by atoms with Crippen molar-refractivity contribution in [2.24, 2.45) is 0 Å². The Morgan fingerprint density at radius 1 is 0.909 bits per heavy atom. The lowest BCUT2D eigenvalue weighted by Crippen LogP contribution is -2.54. The number of nitrogens with one attached hydrogen (secondary N) is 1. The van der Waals surface area contributed by atoms with E-state index in [-0.39, 0.29) is 11.4 Å². The standard InChI is InChI=1S/C26H24FN3O3/c1-15(2)18-5-9-22(10-6-18)30-25(32)23(24(31)28-26(30)33)14-19-13-16(3)29(17(19)4)21-11-7-20(27)8-12-21/h5-15H,1-4H3,(H,28,31,33). The molecule has 33 heavy (non-hydrogen) atoms. The van der Waals surface area contributed by atoms with E-state index in [1.54, 1.807) is 24.3 Å². The molecule has 1 N–H and O–H groups in total. The van der Waals surface area contributed by atoms with Crippen LogP contribution in [0.1, 0.15) is 42.3 Å². The fraction of sp³-hybridized carbons (Fsp3) is 0.192.